The molecule has 0 saturated carbocycles. The van der Waals surface area contributed by atoms with Gasteiger partial charge in [0, 0.05) is 37.1 Å². The smallest absolute Gasteiger partial charge is 0.381 e. The second kappa shape index (κ2) is 9.41. The average molecular weight is 540 g/mol. The van der Waals surface area contributed by atoms with E-state index in [0.717, 1.165) is 22.6 Å². The normalized spacial score (nSPS) is 18.0. The summed E-state index contributed by atoms with van der Waals surface area (Å²) in [5.41, 5.74) is -1.07. The molecule has 1 aliphatic rings. The molecule has 0 aliphatic carbocycles. The highest BCUT2D eigenvalue weighted by Crippen LogP contribution is 2.50. The second-order valence-corrected chi connectivity index (χ2v) is 9.70. The van der Waals surface area contributed by atoms with Gasteiger partial charge in [-0.2, -0.15) is 30.6 Å². The first kappa shape index (κ1) is 27.5. The van der Waals surface area contributed by atoms with Gasteiger partial charge in [0.05, 0.1) is 0 Å². The molecule has 3 rings (SSSR count). The highest BCUT2D eigenvalue weighted by molar-refractivity contribution is 7.89. The Labute approximate surface area is 201 Å². The number of alkyl halides is 6. The molecule has 2 heterocycles. The van der Waals surface area contributed by atoms with Crippen LogP contribution >= 0.6 is 0 Å². The monoisotopic (exact) mass is 540 g/mol. The van der Waals surface area contributed by atoms with Crippen LogP contribution in [0.3, 0.4) is 0 Å². The minimum Gasteiger partial charge on any atom is -0.381 e. The number of anilines is 2. The van der Waals surface area contributed by atoms with Crippen molar-refractivity contribution >= 4 is 21.5 Å². The number of piperazine rings is 1. The van der Waals surface area contributed by atoms with E-state index in [1.165, 1.54) is 11.8 Å². The molecule has 2 aromatic rings. The van der Waals surface area contributed by atoms with Crippen LogP contribution in [-0.2, 0) is 15.6 Å². The Morgan fingerprint density at radius 2 is 1.67 bits per heavy atom. The molecule has 0 spiro atoms. The summed E-state index contributed by atoms with van der Waals surface area (Å²) in [5, 5.41) is 9.56. The van der Waals surface area contributed by atoms with Gasteiger partial charge in [-0.05, 0) is 25.1 Å². The van der Waals surface area contributed by atoms with E-state index in [1.807, 2.05) is 0 Å². The van der Waals surface area contributed by atoms with E-state index in [2.05, 4.69) is 16.8 Å². The Bertz CT molecular complexity index is 1270. The first-order chi connectivity index (χ1) is 16.5. The molecule has 0 bridgehead atoms. The molecule has 1 fully saturated rings. The third-order valence-electron chi connectivity index (χ3n) is 5.57. The lowest BCUT2D eigenvalue weighted by atomic mass is 9.92. The average Bonchev–Trinajstić information content (AvgIpc) is 2.79. The molecule has 15 heteroatoms. The maximum atomic E-state index is 13.8. The minimum atomic E-state index is -6.03. The van der Waals surface area contributed by atoms with Crippen LogP contribution in [0.4, 0.5) is 42.2 Å². The highest BCUT2D eigenvalue weighted by atomic mass is 32.2. The molecule has 3 N–H and O–H groups in total. The van der Waals surface area contributed by atoms with Gasteiger partial charge in [0.2, 0.25) is 10.0 Å². The molecule has 1 atom stereocenters. The fourth-order valence-corrected chi connectivity index (χ4v) is 5.07. The summed E-state index contributed by atoms with van der Waals surface area (Å²) in [6.45, 7) is 1.01. The van der Waals surface area contributed by atoms with E-state index in [9.17, 15) is 44.3 Å². The zero-order valence-electron chi connectivity index (χ0n) is 18.4. The van der Waals surface area contributed by atoms with E-state index in [1.54, 1.807) is 0 Å². The summed E-state index contributed by atoms with van der Waals surface area (Å²) in [7, 11) is -4.22. The zero-order valence-corrected chi connectivity index (χ0v) is 19.2. The van der Waals surface area contributed by atoms with Gasteiger partial charge in [-0.3, -0.25) is 0 Å². The van der Waals surface area contributed by atoms with Crippen molar-refractivity contribution in [2.24, 2.45) is 0 Å². The van der Waals surface area contributed by atoms with Crippen LogP contribution in [0, 0.1) is 17.7 Å². The van der Waals surface area contributed by atoms with E-state index < -0.39 is 56.1 Å². The van der Waals surface area contributed by atoms with Gasteiger partial charge in [0.25, 0.3) is 5.60 Å². The van der Waals surface area contributed by atoms with Gasteiger partial charge in [0.15, 0.2) is 11.6 Å². The van der Waals surface area contributed by atoms with Crippen LogP contribution in [0.1, 0.15) is 12.5 Å². The summed E-state index contributed by atoms with van der Waals surface area (Å²) in [5.74, 6) is 3.84. The second-order valence-electron chi connectivity index (χ2n) is 7.76. The standard InChI is InChI=1S/C21H19F7N4O3S/c1-2-3-15-12-31(36(34,35)16-10-17(22)18(29)30-11-16)8-9-32(15)14-6-4-13(5-7-14)19(33,20(23,24)25)21(26,27)28/h4-7,10-11,15,33H,8-9,12H2,1H3,(H2,29,30)/t15-/m0/s1. The van der Waals surface area contributed by atoms with Gasteiger partial charge >= 0.3 is 12.4 Å². The van der Waals surface area contributed by atoms with Crippen LogP contribution in [0.15, 0.2) is 41.4 Å². The number of nitrogen functional groups attached to an aromatic ring is 1. The van der Waals surface area contributed by atoms with Crippen molar-refractivity contribution in [3.8, 4) is 11.8 Å². The number of sulfonamides is 1. The number of nitrogens with two attached hydrogens (primary N) is 1. The number of aliphatic hydroxyl groups is 1. The number of rotatable bonds is 4. The van der Waals surface area contributed by atoms with Gasteiger partial charge in [-0.25, -0.2) is 17.8 Å². The topological polar surface area (TPSA) is 99.8 Å². The van der Waals surface area contributed by atoms with Gasteiger partial charge in [-0.1, -0.05) is 18.1 Å². The minimum absolute atomic E-state index is 0.0500. The molecule has 1 aromatic heterocycles. The largest absolute Gasteiger partial charge is 0.430 e. The molecule has 1 aromatic carbocycles. The molecule has 1 saturated heterocycles. The first-order valence-electron chi connectivity index (χ1n) is 10.1. The molecule has 196 valence electrons. The summed E-state index contributed by atoms with van der Waals surface area (Å²) >= 11 is 0. The molecule has 0 amide bonds. The SMILES string of the molecule is CC#C[C@H]1CN(S(=O)(=O)c2cnc(N)c(F)c2)CCN1c1ccc(C(O)(C(F)(F)F)C(F)(F)F)cc1. The summed E-state index contributed by atoms with van der Waals surface area (Å²) < 4.78 is 120. The summed E-state index contributed by atoms with van der Waals surface area (Å²) in [6.07, 6.45) is -11.2. The first-order valence-corrected chi connectivity index (χ1v) is 11.5. The predicted octanol–water partition coefficient (Wildman–Crippen LogP) is 3.02. The van der Waals surface area contributed by atoms with Crippen molar-refractivity contribution in [2.75, 3.05) is 30.3 Å². The molecular formula is C21H19F7N4O3S. The third kappa shape index (κ3) is 4.80. The lowest BCUT2D eigenvalue weighted by Gasteiger charge is -2.40. The number of nitrogens with zero attached hydrogens (tertiary/aromatic N) is 3. The van der Waals surface area contributed by atoms with E-state index in [-0.39, 0.29) is 25.3 Å². The van der Waals surface area contributed by atoms with Crippen molar-refractivity contribution in [2.45, 2.75) is 35.8 Å². The Morgan fingerprint density at radius 1 is 1.08 bits per heavy atom. The lowest BCUT2D eigenvalue weighted by Crippen LogP contribution is -2.55. The van der Waals surface area contributed by atoms with E-state index in [4.69, 9.17) is 5.73 Å². The van der Waals surface area contributed by atoms with Gasteiger partial charge < -0.3 is 15.7 Å². The molecule has 7 nitrogen and oxygen atoms in total. The van der Waals surface area contributed by atoms with Crippen molar-refractivity contribution < 1.29 is 44.3 Å². The van der Waals surface area contributed by atoms with E-state index >= 15 is 0 Å². The highest BCUT2D eigenvalue weighted by Gasteiger charge is 2.71. The van der Waals surface area contributed by atoms with Crippen molar-refractivity contribution in [3.63, 3.8) is 0 Å². The zero-order chi connectivity index (χ0) is 27.1. The van der Waals surface area contributed by atoms with Crippen LogP contribution in [0.5, 0.6) is 0 Å². The molecule has 0 radical (unpaired) electrons. The third-order valence-corrected chi connectivity index (χ3v) is 7.40. The Balaban J connectivity index is 1.90. The lowest BCUT2D eigenvalue weighted by molar-refractivity contribution is -0.376. The number of hydrogen-bond acceptors (Lipinski definition) is 6. The van der Waals surface area contributed by atoms with Crippen LogP contribution < -0.4 is 10.6 Å². The quantitative estimate of drug-likeness (QED) is 0.457. The Kier molecular flexibility index (Phi) is 7.19. The predicted molar refractivity (Wildman–Crippen MR) is 114 cm³/mol. The van der Waals surface area contributed by atoms with Crippen molar-refractivity contribution in [3.05, 3.63) is 47.9 Å². The maximum Gasteiger partial charge on any atom is 0.430 e. The summed E-state index contributed by atoms with van der Waals surface area (Å²) in [6, 6.07) is 2.76. The number of halogens is 7. The number of benzene rings is 1. The number of pyridine rings is 1. The van der Waals surface area contributed by atoms with Crippen LogP contribution in [0.25, 0.3) is 0 Å². The van der Waals surface area contributed by atoms with Crippen LogP contribution in [0.2, 0.25) is 0 Å². The molecule has 0 unspecified atom stereocenters. The Morgan fingerprint density at radius 3 is 2.17 bits per heavy atom. The van der Waals surface area contributed by atoms with Crippen LogP contribution in [-0.4, -0.2) is 60.8 Å². The fraction of sp³-hybridized carbons (Fsp3) is 0.381. The Hall–Kier alpha value is -3.09. The van der Waals surface area contributed by atoms with Gasteiger partial charge in [-0.15, -0.1) is 5.92 Å². The number of aromatic nitrogens is 1. The van der Waals surface area contributed by atoms with E-state index in [0.29, 0.717) is 18.2 Å². The van der Waals surface area contributed by atoms with Crippen molar-refractivity contribution in [1.29, 1.82) is 0 Å². The summed E-state index contributed by atoms with van der Waals surface area (Å²) in [4.78, 5) is 4.54. The molecular weight excluding hydrogens is 521 g/mol. The van der Waals surface area contributed by atoms with Gasteiger partial charge in [0.1, 0.15) is 10.9 Å². The number of hydrogen-bond donors (Lipinski definition) is 2. The molecule has 1 aliphatic heterocycles. The fourth-order valence-electron chi connectivity index (χ4n) is 3.68. The maximum absolute atomic E-state index is 13.8. The van der Waals surface area contributed by atoms with Crippen molar-refractivity contribution in [1.82, 2.24) is 9.29 Å². The molecule has 36 heavy (non-hydrogen) atoms.